The minimum absolute atomic E-state index is 0.257. The third kappa shape index (κ3) is 3.07. The van der Waals surface area contributed by atoms with Gasteiger partial charge >= 0.3 is 0 Å². The zero-order chi connectivity index (χ0) is 14.0. The first-order chi connectivity index (χ1) is 8.94. The van der Waals surface area contributed by atoms with Gasteiger partial charge in [0.2, 0.25) is 0 Å². The quantitative estimate of drug-likeness (QED) is 0.862. The van der Waals surface area contributed by atoms with Crippen LogP contribution in [0.3, 0.4) is 0 Å². The standard InChI is InChI=1S/C16H21FN2/c1-11-6-14(17)8-15(7-11)19-16(10-18)5-4-12(2)13(3)9-16/h6-8,12-13,19H,4-5,9H2,1-3H3. The van der Waals surface area contributed by atoms with Crippen molar-refractivity contribution in [1.82, 2.24) is 0 Å². The SMILES string of the molecule is Cc1cc(F)cc(NC2(C#N)CCC(C)C(C)C2)c1. The number of hydrogen-bond acceptors (Lipinski definition) is 2. The first-order valence-corrected chi connectivity index (χ1v) is 6.91. The number of aryl methyl sites for hydroxylation is 1. The Morgan fingerprint density at radius 1 is 1.32 bits per heavy atom. The Morgan fingerprint density at radius 2 is 2.05 bits per heavy atom. The molecule has 0 bridgehead atoms. The van der Waals surface area contributed by atoms with Gasteiger partial charge in [-0.2, -0.15) is 5.26 Å². The number of benzene rings is 1. The number of hydrogen-bond donors (Lipinski definition) is 1. The maximum atomic E-state index is 13.4. The molecular weight excluding hydrogens is 239 g/mol. The minimum atomic E-state index is -0.549. The Hall–Kier alpha value is -1.56. The Morgan fingerprint density at radius 3 is 2.63 bits per heavy atom. The third-order valence-electron chi connectivity index (χ3n) is 4.31. The highest BCUT2D eigenvalue weighted by atomic mass is 19.1. The maximum absolute atomic E-state index is 13.4. The van der Waals surface area contributed by atoms with Crippen molar-refractivity contribution in [1.29, 1.82) is 5.26 Å². The molecule has 1 aliphatic carbocycles. The van der Waals surface area contributed by atoms with Crippen molar-refractivity contribution >= 4 is 5.69 Å². The average molecular weight is 260 g/mol. The summed E-state index contributed by atoms with van der Waals surface area (Å²) in [6.07, 6.45) is 2.68. The van der Waals surface area contributed by atoms with Crippen molar-refractivity contribution in [3.63, 3.8) is 0 Å². The topological polar surface area (TPSA) is 35.8 Å². The minimum Gasteiger partial charge on any atom is -0.367 e. The van der Waals surface area contributed by atoms with E-state index in [1.54, 1.807) is 0 Å². The summed E-state index contributed by atoms with van der Waals surface area (Å²) in [5.41, 5.74) is 1.03. The molecule has 0 heterocycles. The number of anilines is 1. The first-order valence-electron chi connectivity index (χ1n) is 6.91. The molecule has 102 valence electrons. The van der Waals surface area contributed by atoms with Crippen LogP contribution in [0.15, 0.2) is 18.2 Å². The van der Waals surface area contributed by atoms with Crippen LogP contribution >= 0.6 is 0 Å². The Labute approximate surface area is 114 Å². The van der Waals surface area contributed by atoms with E-state index in [1.807, 2.05) is 13.0 Å². The molecule has 1 aromatic carbocycles. The van der Waals surface area contributed by atoms with Crippen LogP contribution in [0.4, 0.5) is 10.1 Å². The Balaban J connectivity index is 2.22. The number of halogens is 1. The highest BCUT2D eigenvalue weighted by Gasteiger charge is 2.38. The van der Waals surface area contributed by atoms with Gasteiger partial charge in [0, 0.05) is 5.69 Å². The molecule has 1 saturated carbocycles. The summed E-state index contributed by atoms with van der Waals surface area (Å²) < 4.78 is 13.4. The van der Waals surface area contributed by atoms with Crippen LogP contribution in [0.1, 0.15) is 38.7 Å². The van der Waals surface area contributed by atoms with Crippen molar-refractivity contribution in [2.45, 2.75) is 45.6 Å². The fourth-order valence-corrected chi connectivity index (χ4v) is 2.94. The zero-order valence-electron chi connectivity index (χ0n) is 11.8. The van der Waals surface area contributed by atoms with E-state index in [1.165, 1.54) is 12.1 Å². The summed E-state index contributed by atoms with van der Waals surface area (Å²) in [5, 5.41) is 12.8. The molecule has 0 aromatic heterocycles. The fourth-order valence-electron chi connectivity index (χ4n) is 2.94. The molecule has 2 nitrogen and oxygen atoms in total. The van der Waals surface area contributed by atoms with E-state index in [4.69, 9.17) is 0 Å². The van der Waals surface area contributed by atoms with Gasteiger partial charge in [0.05, 0.1) is 6.07 Å². The molecule has 3 unspecified atom stereocenters. The van der Waals surface area contributed by atoms with E-state index in [0.717, 1.165) is 24.8 Å². The molecule has 0 saturated heterocycles. The zero-order valence-corrected chi connectivity index (χ0v) is 11.8. The number of nitriles is 1. The van der Waals surface area contributed by atoms with Gasteiger partial charge in [-0.25, -0.2) is 4.39 Å². The lowest BCUT2D eigenvalue weighted by Crippen LogP contribution is -2.43. The summed E-state index contributed by atoms with van der Waals surface area (Å²) in [4.78, 5) is 0. The van der Waals surface area contributed by atoms with Crippen molar-refractivity contribution in [2.75, 3.05) is 5.32 Å². The smallest absolute Gasteiger partial charge is 0.125 e. The van der Waals surface area contributed by atoms with Gasteiger partial charge in [-0.05, 0) is 61.8 Å². The van der Waals surface area contributed by atoms with Crippen molar-refractivity contribution in [3.8, 4) is 6.07 Å². The summed E-state index contributed by atoms with van der Waals surface area (Å²) in [5.74, 6) is 0.904. The van der Waals surface area contributed by atoms with E-state index in [0.29, 0.717) is 17.5 Å². The molecule has 1 aromatic rings. The van der Waals surface area contributed by atoms with Crippen LogP contribution in [0.5, 0.6) is 0 Å². The second-order valence-electron chi connectivity index (χ2n) is 6.03. The molecule has 0 amide bonds. The van der Waals surface area contributed by atoms with E-state index in [2.05, 4.69) is 25.2 Å². The van der Waals surface area contributed by atoms with E-state index in [9.17, 15) is 9.65 Å². The normalized spacial score (nSPS) is 30.7. The predicted octanol–water partition coefficient (Wildman–Crippen LogP) is 4.26. The number of nitrogens with zero attached hydrogens (tertiary/aromatic N) is 1. The summed E-state index contributed by atoms with van der Waals surface area (Å²) in [7, 11) is 0. The Kier molecular flexibility index (Phi) is 3.80. The van der Waals surface area contributed by atoms with Crippen LogP contribution in [0, 0.1) is 35.9 Å². The molecule has 1 aliphatic rings. The van der Waals surface area contributed by atoms with Crippen LogP contribution in [0.2, 0.25) is 0 Å². The second-order valence-corrected chi connectivity index (χ2v) is 6.03. The second kappa shape index (κ2) is 5.21. The largest absolute Gasteiger partial charge is 0.367 e. The number of rotatable bonds is 2. The van der Waals surface area contributed by atoms with Crippen molar-refractivity contribution in [3.05, 3.63) is 29.6 Å². The Bertz CT molecular complexity index is 486. The van der Waals surface area contributed by atoms with E-state index in [-0.39, 0.29) is 5.82 Å². The van der Waals surface area contributed by atoms with Gasteiger partial charge in [-0.15, -0.1) is 0 Å². The lowest BCUT2D eigenvalue weighted by Gasteiger charge is -2.39. The van der Waals surface area contributed by atoms with Crippen molar-refractivity contribution < 1.29 is 4.39 Å². The fraction of sp³-hybridized carbons (Fsp3) is 0.562. The summed E-state index contributed by atoms with van der Waals surface area (Å²) >= 11 is 0. The molecule has 19 heavy (non-hydrogen) atoms. The van der Waals surface area contributed by atoms with Crippen LogP contribution in [-0.2, 0) is 0 Å². The first kappa shape index (κ1) is 13.9. The molecule has 1 N–H and O–H groups in total. The lowest BCUT2D eigenvalue weighted by molar-refractivity contribution is 0.226. The van der Waals surface area contributed by atoms with Crippen LogP contribution < -0.4 is 5.32 Å². The van der Waals surface area contributed by atoms with Crippen molar-refractivity contribution in [2.24, 2.45) is 11.8 Å². The summed E-state index contributed by atoms with van der Waals surface area (Å²) in [6.45, 7) is 6.28. The molecule has 0 spiro atoms. The molecule has 3 heteroatoms. The highest BCUT2D eigenvalue weighted by Crippen LogP contribution is 2.38. The molecule has 1 fully saturated rings. The van der Waals surface area contributed by atoms with Gasteiger partial charge in [-0.3, -0.25) is 0 Å². The maximum Gasteiger partial charge on any atom is 0.125 e. The number of nitrogens with one attached hydrogen (secondary N) is 1. The van der Waals surface area contributed by atoms with Crippen LogP contribution in [0.25, 0.3) is 0 Å². The van der Waals surface area contributed by atoms with Gasteiger partial charge in [-0.1, -0.05) is 13.8 Å². The van der Waals surface area contributed by atoms with E-state index < -0.39 is 5.54 Å². The molecule has 2 rings (SSSR count). The van der Waals surface area contributed by atoms with Crippen LogP contribution in [-0.4, -0.2) is 5.54 Å². The van der Waals surface area contributed by atoms with E-state index >= 15 is 0 Å². The van der Waals surface area contributed by atoms with Gasteiger partial charge in [0.1, 0.15) is 11.4 Å². The predicted molar refractivity (Wildman–Crippen MR) is 75.3 cm³/mol. The molecule has 0 radical (unpaired) electrons. The monoisotopic (exact) mass is 260 g/mol. The molecule has 3 atom stereocenters. The van der Waals surface area contributed by atoms with Gasteiger partial charge < -0.3 is 5.32 Å². The molecule has 0 aliphatic heterocycles. The highest BCUT2D eigenvalue weighted by molar-refractivity contribution is 5.50. The average Bonchev–Trinajstić information content (AvgIpc) is 2.33. The molecular formula is C16H21FN2. The van der Waals surface area contributed by atoms with Gasteiger partial charge in [0.15, 0.2) is 0 Å². The summed E-state index contributed by atoms with van der Waals surface area (Å²) in [6, 6.07) is 7.28. The lowest BCUT2D eigenvalue weighted by atomic mass is 9.72. The third-order valence-corrected chi connectivity index (χ3v) is 4.31. The van der Waals surface area contributed by atoms with Gasteiger partial charge in [0.25, 0.3) is 0 Å².